The van der Waals surface area contributed by atoms with Crippen LogP contribution < -0.4 is 9.47 Å². The normalized spacial score (nSPS) is 11.3. The minimum absolute atomic E-state index is 0.101. The summed E-state index contributed by atoms with van der Waals surface area (Å²) in [6.07, 6.45) is 3.73. The summed E-state index contributed by atoms with van der Waals surface area (Å²) in [4.78, 5) is 15.3. The van der Waals surface area contributed by atoms with Gasteiger partial charge in [0.15, 0.2) is 6.79 Å². The molecule has 0 bridgehead atoms. The van der Waals surface area contributed by atoms with Gasteiger partial charge in [-0.1, -0.05) is 0 Å². The Bertz CT molecular complexity index is 1060. The van der Waals surface area contributed by atoms with E-state index >= 15 is 0 Å². The van der Waals surface area contributed by atoms with Gasteiger partial charge < -0.3 is 14.2 Å². The lowest BCUT2D eigenvalue weighted by Gasteiger charge is -2.12. The summed E-state index contributed by atoms with van der Waals surface area (Å²) >= 11 is 4.88. The van der Waals surface area contributed by atoms with Gasteiger partial charge in [-0.3, -0.25) is 10.1 Å². The predicted octanol–water partition coefficient (Wildman–Crippen LogP) is 5.44. The number of aromatic nitrogens is 1. The highest BCUT2D eigenvalue weighted by atomic mass is 79.9. The second-order valence-corrected chi connectivity index (χ2v) is 7.66. The van der Waals surface area contributed by atoms with E-state index in [2.05, 4.69) is 20.9 Å². The molecule has 1 aromatic heterocycles. The monoisotopic (exact) mass is 464 g/mol. The Hall–Kier alpha value is -2.49. The van der Waals surface area contributed by atoms with E-state index < -0.39 is 0 Å². The van der Waals surface area contributed by atoms with E-state index in [1.54, 1.807) is 33.3 Å². The minimum Gasteiger partial charge on any atom is -0.495 e. The molecule has 0 atom stereocenters. The van der Waals surface area contributed by atoms with Crippen LogP contribution in [0.3, 0.4) is 0 Å². The van der Waals surface area contributed by atoms with Crippen LogP contribution in [0.25, 0.3) is 22.4 Å². The van der Waals surface area contributed by atoms with Crippen LogP contribution in [0.5, 0.6) is 11.5 Å². The van der Waals surface area contributed by atoms with Gasteiger partial charge >= 0.3 is 0 Å². The van der Waals surface area contributed by atoms with Gasteiger partial charge in [0.25, 0.3) is 5.69 Å². The average Bonchev–Trinajstić information content (AvgIpc) is 3.06. The number of hydrogen-bond donors (Lipinski definition) is 0. The molecule has 3 rings (SSSR count). The van der Waals surface area contributed by atoms with Crippen LogP contribution in [-0.4, -0.2) is 30.9 Å². The smallest absolute Gasteiger partial charge is 0.273 e. The van der Waals surface area contributed by atoms with Gasteiger partial charge in [-0.15, -0.1) is 11.3 Å². The van der Waals surface area contributed by atoms with E-state index in [-0.39, 0.29) is 17.4 Å². The van der Waals surface area contributed by atoms with E-state index in [0.717, 1.165) is 20.8 Å². The van der Waals surface area contributed by atoms with Gasteiger partial charge in [-0.25, -0.2) is 4.98 Å². The number of nitrogens with zero attached hydrogens (tertiary/aromatic N) is 2. The molecule has 0 aliphatic carbocycles. The van der Waals surface area contributed by atoms with E-state index in [9.17, 15) is 10.1 Å². The largest absolute Gasteiger partial charge is 0.495 e. The highest BCUT2D eigenvalue weighted by Crippen LogP contribution is 2.38. The number of nitro groups is 1. The number of ether oxygens (including phenoxy) is 3. The number of halogens is 1. The summed E-state index contributed by atoms with van der Waals surface area (Å²) < 4.78 is 17.4. The molecule has 0 unspecified atom stereocenters. The summed E-state index contributed by atoms with van der Waals surface area (Å²) in [5.41, 5.74) is 2.27. The fourth-order valence-electron chi connectivity index (χ4n) is 2.64. The Morgan fingerprint density at radius 2 is 2.07 bits per heavy atom. The summed E-state index contributed by atoms with van der Waals surface area (Å²) in [6, 6.07) is 6.99. The van der Waals surface area contributed by atoms with Crippen molar-refractivity contribution in [2.45, 2.75) is 6.92 Å². The highest BCUT2D eigenvalue weighted by Gasteiger charge is 2.15. The lowest BCUT2D eigenvalue weighted by atomic mass is 10.1. The molecule has 0 N–H and O–H groups in total. The number of nitro benzene ring substituents is 1. The van der Waals surface area contributed by atoms with Gasteiger partial charge in [-0.2, -0.15) is 0 Å². The molecule has 0 fully saturated rings. The Balaban J connectivity index is 1.93. The standard InChI is InChI=1S/C19H17BrN2O5S/c1-11-8-13-16(9-14(11)22(23)24)28-17(21-13)7-5-12-4-6-15(27-10-25-2)18(20)19(12)26-3/h4-9H,10H2,1-3H3/b7-5+. The van der Waals surface area contributed by atoms with Crippen LogP contribution in [0.1, 0.15) is 16.1 Å². The molecule has 0 saturated heterocycles. The minimum atomic E-state index is -0.375. The third kappa shape index (κ3) is 4.16. The molecule has 2 aromatic carbocycles. The molecular formula is C19H17BrN2O5S. The lowest BCUT2D eigenvalue weighted by Crippen LogP contribution is -2.00. The Kier molecular flexibility index (Phi) is 6.28. The summed E-state index contributed by atoms with van der Waals surface area (Å²) in [6.45, 7) is 1.84. The van der Waals surface area contributed by atoms with Gasteiger partial charge in [0, 0.05) is 24.3 Å². The fraction of sp³-hybridized carbons (Fsp3) is 0.211. The fourth-order valence-corrected chi connectivity index (χ4v) is 4.16. The molecule has 0 aliphatic rings. The van der Waals surface area contributed by atoms with Gasteiger partial charge in [0.05, 0.1) is 22.2 Å². The molecule has 1 heterocycles. The number of aryl methyl sites for hydroxylation is 1. The maximum Gasteiger partial charge on any atom is 0.273 e. The van der Waals surface area contributed by atoms with Crippen molar-refractivity contribution in [3.63, 3.8) is 0 Å². The van der Waals surface area contributed by atoms with Crippen molar-refractivity contribution in [3.8, 4) is 11.5 Å². The zero-order valence-corrected chi connectivity index (χ0v) is 17.8. The van der Waals surface area contributed by atoms with Crippen LogP contribution >= 0.6 is 27.3 Å². The topological polar surface area (TPSA) is 83.7 Å². The average molecular weight is 465 g/mol. The molecule has 0 radical (unpaired) electrons. The molecule has 28 heavy (non-hydrogen) atoms. The van der Waals surface area contributed by atoms with Crippen molar-refractivity contribution in [3.05, 3.63) is 55.0 Å². The number of hydrogen-bond acceptors (Lipinski definition) is 7. The maximum atomic E-state index is 11.1. The van der Waals surface area contributed by atoms with Crippen molar-refractivity contribution in [1.29, 1.82) is 0 Å². The van der Waals surface area contributed by atoms with Crippen LogP contribution in [0.4, 0.5) is 5.69 Å². The second kappa shape index (κ2) is 8.68. The zero-order chi connectivity index (χ0) is 20.3. The van der Waals surface area contributed by atoms with Crippen LogP contribution in [0.2, 0.25) is 0 Å². The van der Waals surface area contributed by atoms with Gasteiger partial charge in [0.1, 0.15) is 21.0 Å². The number of rotatable bonds is 7. The molecular weight excluding hydrogens is 448 g/mol. The molecule has 0 aliphatic heterocycles. The third-order valence-electron chi connectivity index (χ3n) is 3.95. The van der Waals surface area contributed by atoms with Crippen molar-refractivity contribution in [1.82, 2.24) is 4.98 Å². The summed E-state index contributed by atoms with van der Waals surface area (Å²) in [5, 5.41) is 11.9. The van der Waals surface area contributed by atoms with E-state index in [0.29, 0.717) is 21.5 Å². The maximum absolute atomic E-state index is 11.1. The van der Waals surface area contributed by atoms with E-state index in [1.165, 1.54) is 11.3 Å². The van der Waals surface area contributed by atoms with Crippen LogP contribution in [0.15, 0.2) is 28.7 Å². The molecule has 146 valence electrons. The number of fused-ring (bicyclic) bond motifs is 1. The van der Waals surface area contributed by atoms with Gasteiger partial charge in [-0.05, 0) is 53.2 Å². The van der Waals surface area contributed by atoms with Crippen molar-refractivity contribution >= 4 is 55.3 Å². The van der Waals surface area contributed by atoms with Gasteiger partial charge in [0.2, 0.25) is 0 Å². The first-order chi connectivity index (χ1) is 13.4. The number of thiazole rings is 1. The predicted molar refractivity (Wildman–Crippen MR) is 113 cm³/mol. The number of methoxy groups -OCH3 is 2. The van der Waals surface area contributed by atoms with E-state index in [1.807, 2.05) is 24.3 Å². The first kappa shape index (κ1) is 20.2. The van der Waals surface area contributed by atoms with E-state index in [4.69, 9.17) is 14.2 Å². The van der Waals surface area contributed by atoms with Crippen molar-refractivity contribution in [2.75, 3.05) is 21.0 Å². The lowest BCUT2D eigenvalue weighted by molar-refractivity contribution is -0.385. The number of benzene rings is 2. The molecule has 7 nitrogen and oxygen atoms in total. The summed E-state index contributed by atoms with van der Waals surface area (Å²) in [5.74, 6) is 1.23. The highest BCUT2D eigenvalue weighted by molar-refractivity contribution is 9.10. The van der Waals surface area contributed by atoms with Crippen molar-refractivity contribution < 1.29 is 19.1 Å². The molecule has 0 saturated carbocycles. The summed E-state index contributed by atoms with van der Waals surface area (Å²) in [7, 11) is 3.13. The van der Waals surface area contributed by atoms with Crippen LogP contribution in [0, 0.1) is 17.0 Å². The first-order valence-electron chi connectivity index (χ1n) is 8.16. The quantitative estimate of drug-likeness (QED) is 0.263. The zero-order valence-electron chi connectivity index (χ0n) is 15.4. The molecule has 0 amide bonds. The first-order valence-corrected chi connectivity index (χ1v) is 9.77. The molecule has 9 heteroatoms. The molecule has 3 aromatic rings. The van der Waals surface area contributed by atoms with Crippen LogP contribution in [-0.2, 0) is 4.74 Å². The Morgan fingerprint density at radius 3 is 2.75 bits per heavy atom. The second-order valence-electron chi connectivity index (χ2n) is 5.80. The Labute approximate surface area is 173 Å². The Morgan fingerprint density at radius 1 is 1.29 bits per heavy atom. The SMILES string of the molecule is COCOc1ccc(/C=C/c2nc3cc(C)c([N+](=O)[O-])cc3s2)c(OC)c1Br. The third-order valence-corrected chi connectivity index (χ3v) is 5.69. The van der Waals surface area contributed by atoms with Crippen molar-refractivity contribution in [2.24, 2.45) is 0 Å². The molecule has 0 spiro atoms.